The Balaban J connectivity index is 1.45. The van der Waals surface area contributed by atoms with E-state index in [1.807, 2.05) is 48.5 Å². The molecule has 4 rings (SSSR count). The maximum atomic E-state index is 12.5. The summed E-state index contributed by atoms with van der Waals surface area (Å²) in [6.45, 7) is 4.25. The summed E-state index contributed by atoms with van der Waals surface area (Å²) < 4.78 is 5.14. The minimum atomic E-state index is -0.124. The maximum absolute atomic E-state index is 12.5. The number of fused-ring (bicyclic) bond motifs is 1. The van der Waals surface area contributed by atoms with E-state index in [9.17, 15) is 4.79 Å². The first-order valence-corrected chi connectivity index (χ1v) is 9.65. The lowest BCUT2D eigenvalue weighted by Gasteiger charge is -2.08. The quantitative estimate of drug-likeness (QED) is 0.468. The van der Waals surface area contributed by atoms with Gasteiger partial charge < -0.3 is 15.0 Å². The van der Waals surface area contributed by atoms with Gasteiger partial charge in [0.05, 0.1) is 7.11 Å². The number of H-pyrrole nitrogens is 1. The van der Waals surface area contributed by atoms with E-state index < -0.39 is 0 Å². The minimum absolute atomic E-state index is 0.124. The highest BCUT2D eigenvalue weighted by molar-refractivity contribution is 6.04. The normalized spacial score (nSPS) is 10.9. The average molecular weight is 384 g/mol. The number of nitrogens with one attached hydrogen (secondary N) is 2. The van der Waals surface area contributed by atoms with Crippen molar-refractivity contribution in [3.05, 3.63) is 94.7 Å². The number of methoxy groups -OCH3 is 1. The molecule has 0 radical (unpaired) electrons. The number of hydrogen-bond donors (Lipinski definition) is 2. The summed E-state index contributed by atoms with van der Waals surface area (Å²) in [5.41, 5.74) is 7.50. The van der Waals surface area contributed by atoms with Crippen LogP contribution in [0.2, 0.25) is 0 Å². The van der Waals surface area contributed by atoms with Crippen LogP contribution in [-0.4, -0.2) is 18.0 Å². The zero-order valence-electron chi connectivity index (χ0n) is 16.9. The van der Waals surface area contributed by atoms with E-state index in [2.05, 4.69) is 42.3 Å². The van der Waals surface area contributed by atoms with E-state index in [0.717, 1.165) is 17.9 Å². The van der Waals surface area contributed by atoms with Crippen LogP contribution in [0.3, 0.4) is 0 Å². The lowest BCUT2D eigenvalue weighted by atomic mass is 10.0. The molecule has 1 amide bonds. The molecule has 0 aliphatic rings. The van der Waals surface area contributed by atoms with Crippen LogP contribution in [0.15, 0.2) is 66.7 Å². The lowest BCUT2D eigenvalue weighted by molar-refractivity contribution is 0.102. The van der Waals surface area contributed by atoms with Crippen LogP contribution >= 0.6 is 0 Å². The molecule has 0 unspecified atom stereocenters. The predicted octanol–water partition coefficient (Wildman–Crippen LogP) is 5.64. The third-order valence-electron chi connectivity index (χ3n) is 5.34. The summed E-state index contributed by atoms with van der Waals surface area (Å²) >= 11 is 0. The average Bonchev–Trinajstić information content (AvgIpc) is 3.02. The first-order valence-electron chi connectivity index (χ1n) is 9.65. The molecule has 0 bridgehead atoms. The van der Waals surface area contributed by atoms with Crippen molar-refractivity contribution in [2.75, 3.05) is 12.4 Å². The van der Waals surface area contributed by atoms with Crippen LogP contribution in [0.25, 0.3) is 10.9 Å². The second-order valence-electron chi connectivity index (χ2n) is 7.31. The van der Waals surface area contributed by atoms with Gasteiger partial charge in [0.2, 0.25) is 0 Å². The number of carbonyl (C=O) groups is 1. The second-order valence-corrected chi connectivity index (χ2v) is 7.31. The molecule has 0 saturated carbocycles. The highest BCUT2D eigenvalue weighted by atomic mass is 16.5. The van der Waals surface area contributed by atoms with Gasteiger partial charge in [0.25, 0.3) is 5.91 Å². The van der Waals surface area contributed by atoms with Crippen molar-refractivity contribution in [2.24, 2.45) is 0 Å². The third-order valence-corrected chi connectivity index (χ3v) is 5.34. The second kappa shape index (κ2) is 7.84. The number of aromatic amines is 1. The van der Waals surface area contributed by atoms with Gasteiger partial charge >= 0.3 is 0 Å². The number of hydrogen-bond acceptors (Lipinski definition) is 2. The van der Waals surface area contributed by atoms with E-state index in [1.54, 1.807) is 7.11 Å². The lowest BCUT2D eigenvalue weighted by Crippen LogP contribution is -2.11. The molecule has 4 heteroatoms. The van der Waals surface area contributed by atoms with E-state index in [0.29, 0.717) is 5.56 Å². The summed E-state index contributed by atoms with van der Waals surface area (Å²) in [6, 6.07) is 21.6. The van der Waals surface area contributed by atoms with Crippen molar-refractivity contribution < 1.29 is 9.53 Å². The van der Waals surface area contributed by atoms with Crippen LogP contribution in [0, 0.1) is 13.8 Å². The molecular weight excluding hydrogens is 360 g/mol. The fraction of sp³-hybridized carbons (Fsp3) is 0.160. The summed E-state index contributed by atoms with van der Waals surface area (Å²) in [5, 5.41) is 4.18. The number of rotatable bonds is 5. The number of ether oxygens (including phenoxy) is 1. The smallest absolute Gasteiger partial charge is 0.255 e. The van der Waals surface area contributed by atoms with Gasteiger partial charge in [-0.05, 0) is 85.5 Å². The van der Waals surface area contributed by atoms with Gasteiger partial charge in [-0.1, -0.05) is 18.2 Å². The fourth-order valence-corrected chi connectivity index (χ4v) is 3.51. The molecule has 29 heavy (non-hydrogen) atoms. The van der Waals surface area contributed by atoms with Crippen molar-refractivity contribution in [3.63, 3.8) is 0 Å². The molecule has 4 aromatic rings. The molecule has 4 nitrogen and oxygen atoms in total. The Labute approximate surface area is 170 Å². The fourth-order valence-electron chi connectivity index (χ4n) is 3.51. The highest BCUT2D eigenvalue weighted by Gasteiger charge is 2.08. The summed E-state index contributed by atoms with van der Waals surface area (Å²) in [6.07, 6.45) is 0.833. The van der Waals surface area contributed by atoms with Crippen LogP contribution in [0.5, 0.6) is 5.75 Å². The Morgan fingerprint density at radius 1 is 0.931 bits per heavy atom. The Morgan fingerprint density at radius 3 is 2.31 bits per heavy atom. The van der Waals surface area contributed by atoms with Gasteiger partial charge in [-0.2, -0.15) is 0 Å². The summed E-state index contributed by atoms with van der Waals surface area (Å²) in [7, 11) is 1.62. The van der Waals surface area contributed by atoms with E-state index in [1.165, 1.54) is 33.3 Å². The highest BCUT2D eigenvalue weighted by Crippen LogP contribution is 2.24. The molecule has 0 aliphatic carbocycles. The zero-order chi connectivity index (χ0) is 20.4. The first-order chi connectivity index (χ1) is 14.0. The Bertz CT molecular complexity index is 1160. The predicted molar refractivity (Wildman–Crippen MR) is 118 cm³/mol. The zero-order valence-corrected chi connectivity index (χ0v) is 16.9. The standard InChI is InChI=1S/C25H24N2O2/c1-16-17(2)26-24-13-6-19(15-23(16)24)14-18-4-7-20(8-5-18)25(28)27-21-9-11-22(29-3)12-10-21/h4-13,15,26H,14H2,1-3H3,(H,27,28). The summed E-state index contributed by atoms with van der Waals surface area (Å²) in [4.78, 5) is 15.9. The van der Waals surface area contributed by atoms with Crippen LogP contribution in [-0.2, 0) is 6.42 Å². The van der Waals surface area contributed by atoms with Gasteiger partial charge in [-0.25, -0.2) is 0 Å². The van der Waals surface area contributed by atoms with Gasteiger partial charge in [-0.15, -0.1) is 0 Å². The van der Waals surface area contributed by atoms with E-state index >= 15 is 0 Å². The maximum Gasteiger partial charge on any atom is 0.255 e. The van der Waals surface area contributed by atoms with Crippen LogP contribution in [0.4, 0.5) is 5.69 Å². The van der Waals surface area contributed by atoms with Crippen molar-refractivity contribution in [1.82, 2.24) is 4.98 Å². The molecular formula is C25H24N2O2. The number of anilines is 1. The minimum Gasteiger partial charge on any atom is -0.497 e. The monoisotopic (exact) mass is 384 g/mol. The summed E-state index contributed by atoms with van der Waals surface area (Å²) in [5.74, 6) is 0.636. The molecule has 0 aliphatic heterocycles. The van der Waals surface area contributed by atoms with E-state index in [4.69, 9.17) is 4.74 Å². The van der Waals surface area contributed by atoms with Gasteiger partial charge in [0, 0.05) is 27.8 Å². The van der Waals surface area contributed by atoms with Crippen molar-refractivity contribution in [1.29, 1.82) is 0 Å². The molecule has 0 spiro atoms. The van der Waals surface area contributed by atoms with Crippen LogP contribution < -0.4 is 10.1 Å². The Kier molecular flexibility index (Phi) is 5.09. The SMILES string of the molecule is COc1ccc(NC(=O)c2ccc(Cc3ccc4[nH]c(C)c(C)c4c3)cc2)cc1. The molecule has 0 saturated heterocycles. The van der Waals surface area contributed by atoms with Crippen LogP contribution in [0.1, 0.15) is 32.7 Å². The molecule has 0 atom stereocenters. The molecule has 146 valence electrons. The number of aromatic nitrogens is 1. The van der Waals surface area contributed by atoms with Gasteiger partial charge in [-0.3, -0.25) is 4.79 Å². The molecule has 0 fully saturated rings. The molecule has 1 heterocycles. The Morgan fingerprint density at radius 2 is 1.62 bits per heavy atom. The van der Waals surface area contributed by atoms with Crippen molar-refractivity contribution in [3.8, 4) is 5.75 Å². The number of amides is 1. The first kappa shape index (κ1) is 18.8. The number of carbonyl (C=O) groups excluding carboxylic acids is 1. The van der Waals surface area contributed by atoms with Crippen molar-refractivity contribution >= 4 is 22.5 Å². The number of aryl methyl sites for hydroxylation is 2. The third kappa shape index (κ3) is 4.02. The van der Waals surface area contributed by atoms with Gasteiger partial charge in [0.15, 0.2) is 0 Å². The molecule has 2 N–H and O–H groups in total. The Hall–Kier alpha value is -3.53. The van der Waals surface area contributed by atoms with Crippen molar-refractivity contribution in [2.45, 2.75) is 20.3 Å². The largest absolute Gasteiger partial charge is 0.497 e. The van der Waals surface area contributed by atoms with E-state index in [-0.39, 0.29) is 5.91 Å². The molecule has 1 aromatic heterocycles. The topological polar surface area (TPSA) is 54.1 Å². The number of benzene rings is 3. The van der Waals surface area contributed by atoms with Gasteiger partial charge in [0.1, 0.15) is 5.75 Å². The molecule has 3 aromatic carbocycles.